The molecule has 2 aromatic rings. The Morgan fingerprint density at radius 2 is 2.25 bits per heavy atom. The summed E-state index contributed by atoms with van der Waals surface area (Å²) in [5, 5.41) is 0. The van der Waals surface area contributed by atoms with Gasteiger partial charge in [-0.15, -0.1) is 0 Å². The predicted octanol–water partition coefficient (Wildman–Crippen LogP) is 4.17. The summed E-state index contributed by atoms with van der Waals surface area (Å²) < 4.78 is 40.3. The minimum Gasteiger partial charge on any atom is -0.344 e. The molecule has 0 radical (unpaired) electrons. The fourth-order valence-corrected chi connectivity index (χ4v) is 6.04. The molecule has 11 heteroatoms. The molecular weight excluding hydrogens is 499 g/mol. The first-order valence-corrected chi connectivity index (χ1v) is 12.8. The second-order valence-corrected chi connectivity index (χ2v) is 11.9. The number of rotatable bonds is 8. The van der Waals surface area contributed by atoms with E-state index in [0.29, 0.717) is 29.1 Å². The van der Waals surface area contributed by atoms with Crippen molar-refractivity contribution in [2.75, 3.05) is 19.2 Å². The van der Waals surface area contributed by atoms with Crippen molar-refractivity contribution >= 4 is 53.4 Å². The molecule has 3 heterocycles. The van der Waals surface area contributed by atoms with Crippen LogP contribution in [-0.4, -0.2) is 61.8 Å². The number of nitrogens with zero attached hydrogens (tertiary/aromatic N) is 5. The molecule has 0 saturated carbocycles. The number of hydrogen-bond donors (Lipinski definition) is 0. The molecule has 1 fully saturated rings. The Morgan fingerprint density at radius 3 is 2.93 bits per heavy atom. The van der Waals surface area contributed by atoms with Crippen LogP contribution in [0.3, 0.4) is 0 Å². The lowest BCUT2D eigenvalue weighted by Crippen LogP contribution is -2.25. The Bertz CT molecular complexity index is 897. The molecule has 6 atom stereocenters. The maximum Gasteiger partial charge on any atom is 0.182 e. The van der Waals surface area contributed by atoms with Crippen LogP contribution in [0.1, 0.15) is 26.5 Å². The third-order valence-electron chi connectivity index (χ3n) is 4.78. The zero-order chi connectivity index (χ0) is 20.5. The molecule has 8 nitrogen and oxygen atoms in total. The number of hydrogen-bond acceptors (Lipinski definition) is 7. The van der Waals surface area contributed by atoms with E-state index in [-0.39, 0.29) is 6.35 Å². The van der Waals surface area contributed by atoms with Crippen LogP contribution in [0.2, 0.25) is 0 Å². The molecule has 0 N–H and O–H groups in total. The van der Waals surface area contributed by atoms with E-state index in [1.54, 1.807) is 6.66 Å². The largest absolute Gasteiger partial charge is 0.344 e. The van der Waals surface area contributed by atoms with Crippen molar-refractivity contribution in [2.24, 2.45) is 10.9 Å². The van der Waals surface area contributed by atoms with Crippen molar-refractivity contribution in [1.82, 2.24) is 19.5 Å². The van der Waals surface area contributed by atoms with Gasteiger partial charge < -0.3 is 14.0 Å². The van der Waals surface area contributed by atoms with Gasteiger partial charge in [0.25, 0.3) is 0 Å². The minimum absolute atomic E-state index is 0.0678. The third kappa shape index (κ3) is 4.44. The Morgan fingerprint density at radius 1 is 1.50 bits per heavy atom. The van der Waals surface area contributed by atoms with E-state index in [9.17, 15) is 8.96 Å². The van der Waals surface area contributed by atoms with Crippen molar-refractivity contribution in [3.63, 3.8) is 0 Å². The molecule has 2 aromatic heterocycles. The van der Waals surface area contributed by atoms with Crippen LogP contribution in [0.15, 0.2) is 17.6 Å². The van der Waals surface area contributed by atoms with Crippen molar-refractivity contribution < 1.29 is 18.4 Å². The van der Waals surface area contributed by atoms with Gasteiger partial charge in [-0.05, 0) is 19.3 Å². The second kappa shape index (κ2) is 8.81. The molecule has 1 aliphatic rings. The first-order valence-electron chi connectivity index (χ1n) is 9.02. The lowest BCUT2D eigenvalue weighted by molar-refractivity contribution is -0.139. The highest BCUT2D eigenvalue weighted by Crippen LogP contribution is 2.46. The third-order valence-corrected chi connectivity index (χ3v) is 8.15. The highest BCUT2D eigenvalue weighted by atomic mass is 127. The minimum atomic E-state index is -2.48. The SMILES string of the molecule is C=Nc1ncnc2c1ncn2[C@@H]1OC(OCP(C)(=O)CC(C)CC)[C@@H](I)C1F. The normalized spacial score (nSPS) is 28.3. The molecule has 0 aliphatic carbocycles. The van der Waals surface area contributed by atoms with E-state index in [1.807, 2.05) is 22.6 Å². The van der Waals surface area contributed by atoms with Crippen molar-refractivity contribution in [1.29, 1.82) is 0 Å². The zero-order valence-corrected chi connectivity index (χ0v) is 19.1. The van der Waals surface area contributed by atoms with Gasteiger partial charge >= 0.3 is 0 Å². The van der Waals surface area contributed by atoms with Crippen molar-refractivity contribution in [3.05, 3.63) is 12.7 Å². The van der Waals surface area contributed by atoms with Gasteiger partial charge in [-0.25, -0.2) is 24.3 Å². The maximum absolute atomic E-state index is 15.0. The Balaban J connectivity index is 1.74. The quantitative estimate of drug-likeness (QED) is 0.223. The fraction of sp³-hybridized carbons (Fsp3) is 0.647. The molecule has 154 valence electrons. The molecule has 3 rings (SSSR count). The Hall–Kier alpha value is -0.970. The number of ether oxygens (including phenoxy) is 2. The van der Waals surface area contributed by atoms with E-state index in [2.05, 4.69) is 40.5 Å². The van der Waals surface area contributed by atoms with E-state index >= 15 is 0 Å². The van der Waals surface area contributed by atoms with Gasteiger partial charge in [-0.3, -0.25) is 4.57 Å². The van der Waals surface area contributed by atoms with E-state index in [1.165, 1.54) is 17.2 Å². The molecular formula is C17H24FIN5O3P. The summed E-state index contributed by atoms with van der Waals surface area (Å²) >= 11 is 1.97. The number of imidazole rings is 1. The zero-order valence-electron chi connectivity index (χ0n) is 16.0. The van der Waals surface area contributed by atoms with E-state index < -0.39 is 29.8 Å². The van der Waals surface area contributed by atoms with Gasteiger partial charge in [0.1, 0.15) is 19.8 Å². The summed E-state index contributed by atoms with van der Waals surface area (Å²) in [4.78, 5) is 16.2. The highest BCUT2D eigenvalue weighted by molar-refractivity contribution is 14.1. The molecule has 4 unspecified atom stereocenters. The average molecular weight is 523 g/mol. The van der Waals surface area contributed by atoms with Gasteiger partial charge in [-0.1, -0.05) is 42.9 Å². The molecule has 1 aliphatic heterocycles. The summed E-state index contributed by atoms with van der Waals surface area (Å²) in [6, 6.07) is 0. The maximum atomic E-state index is 15.0. The van der Waals surface area contributed by atoms with Gasteiger partial charge in [0, 0.05) is 6.16 Å². The number of alkyl halides is 2. The summed E-state index contributed by atoms with van der Waals surface area (Å²) in [5.41, 5.74) is 0.835. The van der Waals surface area contributed by atoms with Gasteiger partial charge in [0.05, 0.1) is 10.3 Å². The van der Waals surface area contributed by atoms with Gasteiger partial charge in [0.2, 0.25) is 0 Å². The molecule has 0 aromatic carbocycles. The number of aliphatic imine (C=N–C) groups is 1. The van der Waals surface area contributed by atoms with Crippen LogP contribution in [0, 0.1) is 5.92 Å². The van der Waals surface area contributed by atoms with Crippen LogP contribution in [-0.2, 0) is 14.0 Å². The van der Waals surface area contributed by atoms with Crippen LogP contribution in [0.5, 0.6) is 0 Å². The number of halogens is 2. The summed E-state index contributed by atoms with van der Waals surface area (Å²) in [7, 11) is -2.48. The molecule has 28 heavy (non-hydrogen) atoms. The van der Waals surface area contributed by atoms with Crippen LogP contribution >= 0.6 is 29.7 Å². The predicted molar refractivity (Wildman–Crippen MR) is 115 cm³/mol. The van der Waals surface area contributed by atoms with Crippen LogP contribution in [0.4, 0.5) is 10.2 Å². The summed E-state index contributed by atoms with van der Waals surface area (Å²) in [5.74, 6) is 0.679. The number of fused-ring (bicyclic) bond motifs is 1. The second-order valence-electron chi connectivity index (χ2n) is 7.25. The summed E-state index contributed by atoms with van der Waals surface area (Å²) in [6.07, 6.45) is 1.30. The molecule has 0 amide bonds. The highest BCUT2D eigenvalue weighted by Gasteiger charge is 2.46. The monoisotopic (exact) mass is 523 g/mol. The average Bonchev–Trinajstić information content (AvgIpc) is 3.21. The summed E-state index contributed by atoms with van der Waals surface area (Å²) in [6.45, 7) is 9.32. The van der Waals surface area contributed by atoms with Crippen molar-refractivity contribution in [2.45, 2.75) is 42.9 Å². The number of aromatic nitrogens is 4. The Kier molecular flexibility index (Phi) is 6.84. The first kappa shape index (κ1) is 21.7. The standard InChI is InChI=1S/C17H24FIN5O3P/c1-5-10(2)6-28(4,25)9-26-17-12(19)11(18)16(27-17)24-8-23-13-14(20-3)21-7-22-15(13)24/h7-8,10-12,16-17H,3,5-6,9H2,1-2,4H3/t10?,11?,12-,16+,17?,28?/m0/s1. The van der Waals surface area contributed by atoms with E-state index in [4.69, 9.17) is 9.47 Å². The van der Waals surface area contributed by atoms with Crippen molar-refractivity contribution in [3.8, 4) is 0 Å². The topological polar surface area (TPSA) is 91.5 Å². The molecule has 1 saturated heterocycles. The first-order chi connectivity index (χ1) is 13.3. The fourth-order valence-electron chi connectivity index (χ4n) is 3.16. The Labute approximate surface area is 176 Å². The van der Waals surface area contributed by atoms with Gasteiger partial charge in [0.15, 0.2) is 35.7 Å². The van der Waals surface area contributed by atoms with Crippen LogP contribution < -0.4 is 0 Å². The smallest absolute Gasteiger partial charge is 0.182 e. The molecule has 0 spiro atoms. The van der Waals surface area contributed by atoms with Gasteiger partial charge in [-0.2, -0.15) is 0 Å². The lowest BCUT2D eigenvalue weighted by atomic mass is 10.2. The van der Waals surface area contributed by atoms with Crippen LogP contribution in [0.25, 0.3) is 11.2 Å². The van der Waals surface area contributed by atoms with E-state index in [0.717, 1.165) is 6.42 Å². The lowest BCUT2D eigenvalue weighted by Gasteiger charge is -2.21. The molecule has 0 bridgehead atoms.